The lowest BCUT2D eigenvalue weighted by molar-refractivity contribution is -0.116. The predicted molar refractivity (Wildman–Crippen MR) is 100 cm³/mol. The van der Waals surface area contributed by atoms with Gasteiger partial charge in [-0.05, 0) is 50.1 Å². The summed E-state index contributed by atoms with van der Waals surface area (Å²) in [7, 11) is 2.16. The molecule has 1 fully saturated rings. The molecule has 1 aliphatic heterocycles. The quantitative estimate of drug-likeness (QED) is 0.763. The molecule has 3 rings (SSSR count). The van der Waals surface area contributed by atoms with Gasteiger partial charge in [-0.15, -0.1) is 0 Å². The number of carbonyl (C=O) groups excluding carboxylic acids is 1. The summed E-state index contributed by atoms with van der Waals surface area (Å²) in [6, 6.07) is 8.83. The number of imidazole rings is 1. The summed E-state index contributed by atoms with van der Waals surface area (Å²) in [5, 5.41) is 2.98. The van der Waals surface area contributed by atoms with E-state index in [1.807, 2.05) is 24.4 Å². The Balaban J connectivity index is 1.42. The third-order valence-electron chi connectivity index (χ3n) is 4.80. The number of aromatic amines is 1. The molecule has 5 nitrogen and oxygen atoms in total. The Morgan fingerprint density at radius 1 is 1.40 bits per heavy atom. The molecule has 25 heavy (non-hydrogen) atoms. The summed E-state index contributed by atoms with van der Waals surface area (Å²) in [5.41, 5.74) is 3.33. The van der Waals surface area contributed by atoms with Crippen molar-refractivity contribution in [2.75, 3.05) is 20.1 Å². The summed E-state index contributed by atoms with van der Waals surface area (Å²) in [5.74, 6) is -0.0258. The first-order valence-electron chi connectivity index (χ1n) is 8.93. The van der Waals surface area contributed by atoms with E-state index >= 15 is 0 Å². The third-order valence-corrected chi connectivity index (χ3v) is 4.80. The van der Waals surface area contributed by atoms with E-state index in [1.54, 1.807) is 12.4 Å². The largest absolute Gasteiger partial charge is 0.352 e. The maximum atomic E-state index is 11.9. The molecule has 0 aliphatic carbocycles. The minimum Gasteiger partial charge on any atom is -0.352 e. The maximum absolute atomic E-state index is 11.9. The van der Waals surface area contributed by atoms with Crippen molar-refractivity contribution in [3.63, 3.8) is 0 Å². The highest BCUT2D eigenvalue weighted by Crippen LogP contribution is 2.17. The third kappa shape index (κ3) is 5.29. The van der Waals surface area contributed by atoms with Crippen molar-refractivity contribution in [3.05, 3.63) is 59.7 Å². The lowest BCUT2D eigenvalue weighted by Gasteiger charge is -2.18. The van der Waals surface area contributed by atoms with E-state index in [0.717, 1.165) is 30.6 Å². The molecule has 2 aromatic rings. The van der Waals surface area contributed by atoms with Crippen molar-refractivity contribution in [3.8, 4) is 0 Å². The Labute approximate surface area is 149 Å². The summed E-state index contributed by atoms with van der Waals surface area (Å²) in [6.07, 6.45) is 11.4. The average Bonchev–Trinajstić information content (AvgIpc) is 3.26. The van der Waals surface area contributed by atoms with Gasteiger partial charge < -0.3 is 15.2 Å². The van der Waals surface area contributed by atoms with E-state index in [4.69, 9.17) is 0 Å². The average molecular weight is 338 g/mol. The topological polar surface area (TPSA) is 61.0 Å². The number of rotatable bonds is 7. The van der Waals surface area contributed by atoms with E-state index < -0.39 is 0 Å². The second-order valence-corrected chi connectivity index (χ2v) is 6.68. The summed E-state index contributed by atoms with van der Waals surface area (Å²) in [6.45, 7) is 1.91. The number of H-pyrrole nitrogens is 1. The molecule has 1 aromatic carbocycles. The molecule has 0 radical (unpaired) electrons. The van der Waals surface area contributed by atoms with Crippen LogP contribution in [0.1, 0.15) is 36.1 Å². The van der Waals surface area contributed by atoms with E-state index in [0.29, 0.717) is 6.04 Å². The SMILES string of the molecule is CN1CCCC1CCNC(=O)/C=C/c1ccc(Cc2cnc[nH]2)cc1. The highest BCUT2D eigenvalue weighted by Gasteiger charge is 2.19. The molecule has 0 spiro atoms. The second-order valence-electron chi connectivity index (χ2n) is 6.68. The first kappa shape index (κ1) is 17.4. The molecular weight excluding hydrogens is 312 g/mol. The number of nitrogens with zero attached hydrogens (tertiary/aromatic N) is 2. The standard InChI is InChI=1S/C20H26N4O/c1-24-12-2-3-19(24)10-11-22-20(25)9-8-16-4-6-17(7-5-16)13-18-14-21-15-23-18/h4-9,14-15,19H,2-3,10-13H2,1H3,(H,21,23)(H,22,25)/b9-8+. The molecule has 2 heterocycles. The molecule has 1 aromatic heterocycles. The van der Waals surface area contributed by atoms with Gasteiger partial charge in [0.1, 0.15) is 0 Å². The zero-order chi connectivity index (χ0) is 17.5. The van der Waals surface area contributed by atoms with Gasteiger partial charge in [0.15, 0.2) is 0 Å². The number of carbonyl (C=O) groups is 1. The highest BCUT2D eigenvalue weighted by molar-refractivity contribution is 5.91. The number of likely N-dealkylation sites (tertiary alicyclic amines) is 1. The van der Waals surface area contributed by atoms with E-state index in [-0.39, 0.29) is 5.91 Å². The molecule has 1 unspecified atom stereocenters. The lowest BCUT2D eigenvalue weighted by atomic mass is 10.1. The van der Waals surface area contributed by atoms with Crippen LogP contribution in [0.25, 0.3) is 6.08 Å². The van der Waals surface area contributed by atoms with Crippen molar-refractivity contribution in [1.29, 1.82) is 0 Å². The van der Waals surface area contributed by atoms with Crippen molar-refractivity contribution in [2.24, 2.45) is 0 Å². The van der Waals surface area contributed by atoms with Crippen LogP contribution in [0, 0.1) is 0 Å². The van der Waals surface area contributed by atoms with Gasteiger partial charge in [-0.2, -0.15) is 0 Å². The van der Waals surface area contributed by atoms with Crippen molar-refractivity contribution >= 4 is 12.0 Å². The van der Waals surface area contributed by atoms with Gasteiger partial charge in [-0.25, -0.2) is 4.98 Å². The fourth-order valence-electron chi connectivity index (χ4n) is 3.28. The van der Waals surface area contributed by atoms with Gasteiger partial charge in [0.05, 0.1) is 6.33 Å². The molecule has 132 valence electrons. The molecule has 1 aliphatic rings. The molecule has 0 saturated carbocycles. The minimum atomic E-state index is -0.0258. The Morgan fingerprint density at radius 3 is 2.92 bits per heavy atom. The zero-order valence-corrected chi connectivity index (χ0v) is 14.7. The summed E-state index contributed by atoms with van der Waals surface area (Å²) in [4.78, 5) is 21.4. The molecule has 1 saturated heterocycles. The van der Waals surface area contributed by atoms with Gasteiger partial charge in [-0.1, -0.05) is 24.3 Å². The first-order chi connectivity index (χ1) is 12.2. The Hall–Kier alpha value is -2.40. The second kappa shape index (κ2) is 8.62. The number of benzene rings is 1. The van der Waals surface area contributed by atoms with Gasteiger partial charge in [-0.3, -0.25) is 4.79 Å². The fourth-order valence-corrected chi connectivity index (χ4v) is 3.28. The Kier molecular flexibility index (Phi) is 6.01. The predicted octanol–water partition coefficient (Wildman–Crippen LogP) is 2.61. The van der Waals surface area contributed by atoms with Crippen LogP contribution in [-0.2, 0) is 11.2 Å². The lowest BCUT2D eigenvalue weighted by Crippen LogP contribution is -2.31. The number of nitrogens with one attached hydrogen (secondary N) is 2. The zero-order valence-electron chi connectivity index (χ0n) is 14.7. The number of aromatic nitrogens is 2. The Bertz CT molecular complexity index is 691. The molecular formula is C20H26N4O. The van der Waals surface area contributed by atoms with Crippen LogP contribution in [0.4, 0.5) is 0 Å². The van der Waals surface area contributed by atoms with Gasteiger partial charge >= 0.3 is 0 Å². The van der Waals surface area contributed by atoms with E-state index in [1.165, 1.54) is 24.9 Å². The molecule has 2 N–H and O–H groups in total. The normalized spacial score (nSPS) is 18.0. The monoisotopic (exact) mass is 338 g/mol. The van der Waals surface area contributed by atoms with E-state index in [9.17, 15) is 4.79 Å². The maximum Gasteiger partial charge on any atom is 0.243 e. The van der Waals surface area contributed by atoms with E-state index in [2.05, 4.69) is 39.4 Å². The van der Waals surface area contributed by atoms with Crippen LogP contribution < -0.4 is 5.32 Å². The summed E-state index contributed by atoms with van der Waals surface area (Å²) >= 11 is 0. The van der Waals surface area contributed by atoms with Gasteiger partial charge in [0.25, 0.3) is 0 Å². The van der Waals surface area contributed by atoms with Crippen LogP contribution in [0.15, 0.2) is 42.9 Å². The number of hydrogen-bond donors (Lipinski definition) is 2. The smallest absolute Gasteiger partial charge is 0.243 e. The molecule has 0 bridgehead atoms. The Morgan fingerprint density at radius 2 is 2.24 bits per heavy atom. The number of amides is 1. The van der Waals surface area contributed by atoms with Crippen LogP contribution in [-0.4, -0.2) is 47.0 Å². The van der Waals surface area contributed by atoms with Gasteiger partial charge in [0.2, 0.25) is 5.91 Å². The molecule has 1 amide bonds. The minimum absolute atomic E-state index is 0.0258. The van der Waals surface area contributed by atoms with Crippen LogP contribution in [0.5, 0.6) is 0 Å². The molecule has 1 atom stereocenters. The van der Waals surface area contributed by atoms with Crippen LogP contribution in [0.2, 0.25) is 0 Å². The van der Waals surface area contributed by atoms with Crippen molar-refractivity contribution < 1.29 is 4.79 Å². The molecule has 5 heteroatoms. The van der Waals surface area contributed by atoms with Crippen LogP contribution in [0.3, 0.4) is 0 Å². The van der Waals surface area contributed by atoms with Crippen molar-refractivity contribution in [1.82, 2.24) is 20.2 Å². The fraction of sp³-hybridized carbons (Fsp3) is 0.400. The number of hydrogen-bond acceptors (Lipinski definition) is 3. The van der Waals surface area contributed by atoms with Gasteiger partial charge in [0, 0.05) is 37.0 Å². The van der Waals surface area contributed by atoms with Crippen LogP contribution >= 0.6 is 0 Å². The first-order valence-corrected chi connectivity index (χ1v) is 8.93. The van der Waals surface area contributed by atoms with Crippen molar-refractivity contribution in [2.45, 2.75) is 31.7 Å². The summed E-state index contributed by atoms with van der Waals surface area (Å²) < 4.78 is 0. The highest BCUT2D eigenvalue weighted by atomic mass is 16.1.